The van der Waals surface area contributed by atoms with Crippen molar-refractivity contribution in [3.05, 3.63) is 23.8 Å². The fourth-order valence-corrected chi connectivity index (χ4v) is 4.96. The zero-order valence-corrected chi connectivity index (χ0v) is 10.1. The second kappa shape index (κ2) is 4.07. The topological polar surface area (TPSA) is 49.8 Å². The van der Waals surface area contributed by atoms with Gasteiger partial charge >= 0.3 is 90.6 Å². The first-order chi connectivity index (χ1) is 6.81. The van der Waals surface area contributed by atoms with Gasteiger partial charge in [0.05, 0.1) is 0 Å². The van der Waals surface area contributed by atoms with E-state index in [1.54, 1.807) is 6.07 Å². The van der Waals surface area contributed by atoms with Crippen molar-refractivity contribution in [2.24, 2.45) is 0 Å². The number of nitrogens with zero attached hydrogens (tertiary/aromatic N) is 1. The average Bonchev–Trinajstić information content (AvgIpc) is 2.13. The van der Waals surface area contributed by atoms with E-state index < -0.39 is 0 Å². The van der Waals surface area contributed by atoms with E-state index in [1.807, 2.05) is 6.07 Å². The summed E-state index contributed by atoms with van der Waals surface area (Å²) < 4.78 is 2.19. The molecule has 3 heteroatoms. The Kier molecular flexibility index (Phi) is 2.79. The van der Waals surface area contributed by atoms with Crippen LogP contribution in [0.5, 0.6) is 0 Å². The van der Waals surface area contributed by atoms with Crippen molar-refractivity contribution in [2.45, 2.75) is 24.0 Å². The number of nitrogens with two attached hydrogens (primary N) is 1. The number of hydrogen-bond acceptors (Lipinski definition) is 2. The van der Waals surface area contributed by atoms with E-state index in [1.165, 1.54) is 23.6 Å². The van der Waals surface area contributed by atoms with Crippen LogP contribution in [0.15, 0.2) is 18.2 Å². The van der Waals surface area contributed by atoms with Crippen molar-refractivity contribution >= 4 is 25.8 Å². The molecule has 0 amide bonds. The Balaban J connectivity index is 2.20. The van der Waals surface area contributed by atoms with Gasteiger partial charge in [-0.3, -0.25) is 0 Å². The molecule has 0 heterocycles. The van der Waals surface area contributed by atoms with Gasteiger partial charge in [0.15, 0.2) is 0 Å². The van der Waals surface area contributed by atoms with E-state index in [-0.39, 0.29) is 15.8 Å². The maximum atomic E-state index is 8.83. The minimum atomic E-state index is -0.108. The predicted octanol–water partition coefficient (Wildman–Crippen LogP) is 1.17. The van der Waals surface area contributed by atoms with Crippen LogP contribution in [0.4, 0.5) is 5.69 Å². The van der Waals surface area contributed by atoms with Crippen molar-refractivity contribution in [3.8, 4) is 6.07 Å². The average molecular weight is 248 g/mol. The molecular weight excluding hydrogens is 235 g/mol. The summed E-state index contributed by atoms with van der Waals surface area (Å²) in [6.45, 7) is 0. The Labute approximate surface area is 90.8 Å². The third kappa shape index (κ3) is 1.79. The summed E-state index contributed by atoms with van der Waals surface area (Å²) in [5.41, 5.74) is 7.31. The molecule has 0 aliphatic heterocycles. The van der Waals surface area contributed by atoms with Crippen molar-refractivity contribution in [3.63, 3.8) is 0 Å². The molecule has 1 unspecified atom stereocenters. The third-order valence-electron chi connectivity index (χ3n) is 2.69. The molecule has 1 aliphatic carbocycles. The molecule has 14 heavy (non-hydrogen) atoms. The molecule has 0 radical (unpaired) electrons. The number of nitrogen functional groups attached to an aromatic ring is 1. The quantitative estimate of drug-likeness (QED) is 0.631. The second-order valence-corrected chi connectivity index (χ2v) is 7.10. The van der Waals surface area contributed by atoms with Crippen molar-refractivity contribution in [2.75, 3.05) is 5.73 Å². The fraction of sp³-hybridized carbons (Fsp3) is 0.364. The molecule has 1 aliphatic rings. The third-order valence-corrected chi connectivity index (χ3v) is 6.33. The molecule has 0 bridgehead atoms. The Morgan fingerprint density at radius 1 is 1.43 bits per heavy atom. The molecule has 1 atom stereocenters. The first-order valence-electron chi connectivity index (χ1n) is 4.86. The molecule has 2 rings (SSSR count). The molecule has 72 valence electrons. The van der Waals surface area contributed by atoms with Gasteiger partial charge in [-0.05, 0) is 0 Å². The Morgan fingerprint density at radius 2 is 2.21 bits per heavy atom. The number of hydrogen-bond donors (Lipinski definition) is 1. The van der Waals surface area contributed by atoms with Gasteiger partial charge in [-0.15, -0.1) is 0 Å². The van der Waals surface area contributed by atoms with Crippen LogP contribution in [0.25, 0.3) is 0 Å². The van der Waals surface area contributed by atoms with Crippen LogP contribution in [0.2, 0.25) is 4.71 Å². The summed E-state index contributed by atoms with van der Waals surface area (Å²) >= 11 is -0.108. The molecule has 1 fully saturated rings. The summed E-state index contributed by atoms with van der Waals surface area (Å²) in [4.78, 5) is 0. The Hall–Kier alpha value is -0.932. The van der Waals surface area contributed by atoms with Gasteiger partial charge in [0.25, 0.3) is 0 Å². The predicted molar refractivity (Wildman–Crippen MR) is 60.0 cm³/mol. The number of benzene rings is 1. The summed E-state index contributed by atoms with van der Waals surface area (Å²) in [5, 5.41) is 8.83. The van der Waals surface area contributed by atoms with Gasteiger partial charge in [-0.25, -0.2) is 0 Å². The number of para-hydroxylation sites is 1. The van der Waals surface area contributed by atoms with Crippen LogP contribution in [0.3, 0.4) is 0 Å². The zero-order valence-electron chi connectivity index (χ0n) is 7.96. The van der Waals surface area contributed by atoms with Crippen LogP contribution in [0.1, 0.15) is 24.8 Å². The van der Waals surface area contributed by atoms with E-state index in [0.29, 0.717) is 5.56 Å². The summed E-state index contributed by atoms with van der Waals surface area (Å²) in [6.07, 6.45) is 4.12. The number of rotatable bonds is 2. The fourth-order valence-electron chi connectivity index (χ4n) is 1.56. The molecule has 1 aromatic carbocycles. The van der Waals surface area contributed by atoms with E-state index in [0.717, 1.165) is 10.4 Å². The van der Waals surface area contributed by atoms with E-state index >= 15 is 0 Å². The van der Waals surface area contributed by atoms with Crippen LogP contribution < -0.4 is 10.1 Å². The molecule has 0 aromatic heterocycles. The van der Waals surface area contributed by atoms with E-state index in [9.17, 15) is 0 Å². The second-order valence-electron chi connectivity index (χ2n) is 3.65. The summed E-state index contributed by atoms with van der Waals surface area (Å²) in [7, 11) is 0. The van der Waals surface area contributed by atoms with Crippen LogP contribution in [0, 0.1) is 11.3 Å². The molecule has 1 aromatic rings. The monoisotopic (exact) mass is 248 g/mol. The van der Waals surface area contributed by atoms with Crippen LogP contribution >= 0.6 is 0 Å². The van der Waals surface area contributed by atoms with E-state index in [2.05, 4.69) is 12.1 Å². The van der Waals surface area contributed by atoms with Gasteiger partial charge in [0.1, 0.15) is 0 Å². The van der Waals surface area contributed by atoms with Gasteiger partial charge in [0.2, 0.25) is 0 Å². The molecular formula is C11H13AsN2. The molecule has 2 N–H and O–H groups in total. The number of nitriles is 1. The molecule has 0 spiro atoms. The maximum absolute atomic E-state index is 8.83. The normalized spacial score (nSPS) is 16.8. The Bertz CT molecular complexity index is 377. The van der Waals surface area contributed by atoms with Gasteiger partial charge < -0.3 is 0 Å². The van der Waals surface area contributed by atoms with Gasteiger partial charge in [-0.1, -0.05) is 0 Å². The first kappa shape index (κ1) is 9.62. The van der Waals surface area contributed by atoms with E-state index in [4.69, 9.17) is 11.0 Å². The van der Waals surface area contributed by atoms with Gasteiger partial charge in [0, 0.05) is 0 Å². The molecule has 1 saturated carbocycles. The van der Waals surface area contributed by atoms with Gasteiger partial charge in [-0.2, -0.15) is 0 Å². The molecule has 2 nitrogen and oxygen atoms in total. The number of anilines is 1. The van der Waals surface area contributed by atoms with Crippen molar-refractivity contribution in [1.82, 2.24) is 0 Å². The summed E-state index contributed by atoms with van der Waals surface area (Å²) in [6, 6.07) is 7.98. The van der Waals surface area contributed by atoms with Crippen molar-refractivity contribution in [1.29, 1.82) is 5.26 Å². The zero-order chi connectivity index (χ0) is 9.97. The molecule has 0 saturated heterocycles. The summed E-state index contributed by atoms with van der Waals surface area (Å²) in [5.74, 6) is 0. The van der Waals surface area contributed by atoms with Crippen molar-refractivity contribution < 1.29 is 0 Å². The first-order valence-corrected chi connectivity index (χ1v) is 7.12. The van der Waals surface area contributed by atoms with Crippen LogP contribution in [-0.2, 0) is 0 Å². The SMILES string of the molecule is N#Cc1cccc([AsH]C2CCC2)c1N. The van der Waals surface area contributed by atoms with Crippen LogP contribution in [-0.4, -0.2) is 15.8 Å². The standard InChI is InChI=1S/C11H13AsN2/c13-7-8-3-1-6-10(11(8)14)12-9-4-2-5-9/h1,3,6,9,12H,2,4-5,14H2. The minimum absolute atomic E-state index is 0.108. The Morgan fingerprint density at radius 3 is 2.79 bits per heavy atom.